The summed E-state index contributed by atoms with van der Waals surface area (Å²) in [6.07, 6.45) is 1.28. The molecule has 0 radical (unpaired) electrons. The number of rotatable bonds is 3. The van der Waals surface area contributed by atoms with Crippen LogP contribution in [0.4, 0.5) is 5.69 Å². The molecule has 2 fully saturated rings. The third-order valence-corrected chi connectivity index (χ3v) is 4.29. The molecule has 0 saturated carbocycles. The number of likely N-dealkylation sites (tertiary alicyclic amines) is 1. The van der Waals surface area contributed by atoms with E-state index in [9.17, 15) is 14.7 Å². The number of carbonyl (C=O) groups is 2. The first-order chi connectivity index (χ1) is 10.7. The second-order valence-electron chi connectivity index (χ2n) is 5.64. The quantitative estimate of drug-likeness (QED) is 0.909. The lowest BCUT2D eigenvalue weighted by Gasteiger charge is -2.29. The van der Waals surface area contributed by atoms with Gasteiger partial charge in [-0.3, -0.25) is 4.79 Å². The Morgan fingerprint density at radius 3 is 2.41 bits per heavy atom. The van der Waals surface area contributed by atoms with E-state index in [0.29, 0.717) is 18.5 Å². The zero-order valence-corrected chi connectivity index (χ0v) is 12.4. The molecule has 2 saturated heterocycles. The van der Waals surface area contributed by atoms with Crippen LogP contribution in [0.1, 0.15) is 23.2 Å². The zero-order valence-electron chi connectivity index (χ0n) is 12.4. The number of anilines is 1. The van der Waals surface area contributed by atoms with Crippen LogP contribution in [-0.2, 0) is 9.53 Å². The van der Waals surface area contributed by atoms with Gasteiger partial charge in [-0.25, -0.2) is 4.79 Å². The summed E-state index contributed by atoms with van der Waals surface area (Å²) in [7, 11) is 0. The van der Waals surface area contributed by atoms with Crippen molar-refractivity contribution in [2.45, 2.75) is 18.9 Å². The highest BCUT2D eigenvalue weighted by Gasteiger charge is 2.34. The molecule has 6 nitrogen and oxygen atoms in total. The molecular weight excluding hydrogens is 284 g/mol. The summed E-state index contributed by atoms with van der Waals surface area (Å²) >= 11 is 0. The van der Waals surface area contributed by atoms with E-state index in [1.807, 2.05) is 12.1 Å². The summed E-state index contributed by atoms with van der Waals surface area (Å²) in [5.41, 5.74) is 1.61. The number of aliphatic carboxylic acids is 1. The molecule has 2 heterocycles. The van der Waals surface area contributed by atoms with Crippen LogP contribution in [0, 0.1) is 0 Å². The minimum Gasteiger partial charge on any atom is -0.480 e. The molecule has 1 atom stereocenters. The molecule has 6 heteroatoms. The summed E-state index contributed by atoms with van der Waals surface area (Å²) in [6, 6.07) is 6.72. The fourth-order valence-corrected chi connectivity index (χ4v) is 3.07. The Balaban J connectivity index is 1.72. The highest BCUT2D eigenvalue weighted by molar-refractivity contribution is 5.97. The van der Waals surface area contributed by atoms with Gasteiger partial charge < -0.3 is 19.6 Å². The number of carboxylic acid groups (broad SMARTS) is 1. The van der Waals surface area contributed by atoms with Crippen molar-refractivity contribution >= 4 is 17.6 Å². The van der Waals surface area contributed by atoms with E-state index in [1.54, 1.807) is 12.1 Å². The number of morpholine rings is 1. The summed E-state index contributed by atoms with van der Waals surface area (Å²) in [5, 5.41) is 9.18. The Hall–Kier alpha value is -2.08. The summed E-state index contributed by atoms with van der Waals surface area (Å²) in [4.78, 5) is 27.4. The van der Waals surface area contributed by atoms with E-state index in [4.69, 9.17) is 4.74 Å². The van der Waals surface area contributed by atoms with E-state index in [-0.39, 0.29) is 5.91 Å². The Labute approximate surface area is 129 Å². The number of carbonyl (C=O) groups excluding carboxylic acids is 1. The fraction of sp³-hybridized carbons (Fsp3) is 0.500. The van der Waals surface area contributed by atoms with Crippen molar-refractivity contribution in [3.8, 4) is 0 Å². The van der Waals surface area contributed by atoms with Crippen LogP contribution >= 0.6 is 0 Å². The molecule has 0 bridgehead atoms. The van der Waals surface area contributed by atoms with Crippen molar-refractivity contribution in [2.75, 3.05) is 37.7 Å². The molecule has 1 amide bonds. The number of nitrogens with zero attached hydrogens (tertiary/aromatic N) is 2. The van der Waals surface area contributed by atoms with Crippen LogP contribution in [0.25, 0.3) is 0 Å². The maximum Gasteiger partial charge on any atom is 0.326 e. The molecule has 1 aromatic carbocycles. The van der Waals surface area contributed by atoms with Gasteiger partial charge in [0.1, 0.15) is 6.04 Å². The molecule has 2 aliphatic heterocycles. The van der Waals surface area contributed by atoms with Gasteiger partial charge in [0.2, 0.25) is 0 Å². The van der Waals surface area contributed by atoms with Crippen LogP contribution in [0.2, 0.25) is 0 Å². The molecule has 1 aromatic rings. The highest BCUT2D eigenvalue weighted by Crippen LogP contribution is 2.22. The highest BCUT2D eigenvalue weighted by atomic mass is 16.5. The van der Waals surface area contributed by atoms with Crippen molar-refractivity contribution in [1.82, 2.24) is 4.90 Å². The lowest BCUT2D eigenvalue weighted by molar-refractivity contribution is -0.141. The lowest BCUT2D eigenvalue weighted by Crippen LogP contribution is -2.40. The molecule has 0 aromatic heterocycles. The molecule has 1 N–H and O–H groups in total. The molecule has 0 unspecified atom stereocenters. The number of hydrogen-bond acceptors (Lipinski definition) is 4. The normalized spacial score (nSPS) is 21.9. The largest absolute Gasteiger partial charge is 0.480 e. The van der Waals surface area contributed by atoms with Crippen molar-refractivity contribution in [3.05, 3.63) is 29.8 Å². The van der Waals surface area contributed by atoms with E-state index in [1.165, 1.54) is 4.90 Å². The minimum absolute atomic E-state index is 0.196. The maximum atomic E-state index is 12.5. The second kappa shape index (κ2) is 6.36. The summed E-state index contributed by atoms with van der Waals surface area (Å²) in [6.45, 7) is 3.64. The average Bonchev–Trinajstić information content (AvgIpc) is 3.05. The topological polar surface area (TPSA) is 70.1 Å². The monoisotopic (exact) mass is 304 g/mol. The first kappa shape index (κ1) is 14.8. The lowest BCUT2D eigenvalue weighted by atomic mass is 10.1. The Bertz CT molecular complexity index is 552. The van der Waals surface area contributed by atoms with Crippen LogP contribution in [-0.4, -0.2) is 60.8 Å². The van der Waals surface area contributed by atoms with Crippen molar-refractivity contribution in [1.29, 1.82) is 0 Å². The van der Waals surface area contributed by atoms with Gasteiger partial charge in [-0.05, 0) is 37.1 Å². The molecule has 3 rings (SSSR count). The summed E-state index contributed by atoms with van der Waals surface area (Å²) < 4.78 is 5.33. The van der Waals surface area contributed by atoms with Gasteiger partial charge in [0.25, 0.3) is 5.91 Å². The molecule has 118 valence electrons. The first-order valence-corrected chi connectivity index (χ1v) is 7.63. The number of hydrogen-bond donors (Lipinski definition) is 1. The average molecular weight is 304 g/mol. The Morgan fingerprint density at radius 1 is 1.09 bits per heavy atom. The minimum atomic E-state index is -0.921. The van der Waals surface area contributed by atoms with E-state index < -0.39 is 12.0 Å². The van der Waals surface area contributed by atoms with Gasteiger partial charge in [-0.2, -0.15) is 0 Å². The molecule has 0 spiro atoms. The predicted molar refractivity (Wildman–Crippen MR) is 81.2 cm³/mol. The molecular formula is C16H20N2O4. The fourth-order valence-electron chi connectivity index (χ4n) is 3.07. The van der Waals surface area contributed by atoms with Crippen LogP contribution < -0.4 is 4.90 Å². The predicted octanol–water partition coefficient (Wildman–Crippen LogP) is 1.21. The van der Waals surface area contributed by atoms with E-state index in [2.05, 4.69) is 4.90 Å². The molecule has 0 aliphatic carbocycles. The first-order valence-electron chi connectivity index (χ1n) is 7.63. The number of ether oxygens (including phenoxy) is 1. The van der Waals surface area contributed by atoms with E-state index >= 15 is 0 Å². The van der Waals surface area contributed by atoms with Crippen molar-refractivity contribution in [2.24, 2.45) is 0 Å². The molecule has 22 heavy (non-hydrogen) atoms. The van der Waals surface area contributed by atoms with Gasteiger partial charge in [-0.15, -0.1) is 0 Å². The van der Waals surface area contributed by atoms with Crippen molar-refractivity contribution < 1.29 is 19.4 Å². The molecule has 2 aliphatic rings. The summed E-state index contributed by atoms with van der Waals surface area (Å²) in [5.74, 6) is -1.12. The number of carboxylic acids is 1. The third-order valence-electron chi connectivity index (χ3n) is 4.29. The number of benzene rings is 1. The standard InChI is InChI=1S/C16H20N2O4/c19-15(18-7-1-2-14(18)16(20)21)12-3-5-13(6-4-12)17-8-10-22-11-9-17/h3-6,14H,1-2,7-11H2,(H,20,21)/t14-/m0/s1. The third kappa shape index (κ3) is 2.92. The van der Waals surface area contributed by atoms with Gasteiger partial charge >= 0.3 is 5.97 Å². The zero-order chi connectivity index (χ0) is 15.5. The Morgan fingerprint density at radius 2 is 1.77 bits per heavy atom. The van der Waals surface area contributed by atoms with Crippen LogP contribution in [0.15, 0.2) is 24.3 Å². The smallest absolute Gasteiger partial charge is 0.326 e. The van der Waals surface area contributed by atoms with E-state index in [0.717, 1.165) is 38.4 Å². The van der Waals surface area contributed by atoms with Gasteiger partial charge in [-0.1, -0.05) is 0 Å². The van der Waals surface area contributed by atoms with Crippen molar-refractivity contribution in [3.63, 3.8) is 0 Å². The van der Waals surface area contributed by atoms with Gasteiger partial charge in [0, 0.05) is 30.9 Å². The van der Waals surface area contributed by atoms with Crippen LogP contribution in [0.3, 0.4) is 0 Å². The van der Waals surface area contributed by atoms with Crippen LogP contribution in [0.5, 0.6) is 0 Å². The maximum absolute atomic E-state index is 12.5. The SMILES string of the molecule is O=C(O)[C@@H]1CCCN1C(=O)c1ccc(N2CCOCC2)cc1. The van der Waals surface area contributed by atoms with Gasteiger partial charge in [0.05, 0.1) is 13.2 Å². The second-order valence-corrected chi connectivity index (χ2v) is 5.64. The van der Waals surface area contributed by atoms with Gasteiger partial charge in [0.15, 0.2) is 0 Å². The number of amides is 1. The Kier molecular flexibility index (Phi) is 4.29.